The van der Waals surface area contributed by atoms with E-state index in [4.69, 9.17) is 11.6 Å². The number of piperazine rings is 1. The quantitative estimate of drug-likeness (QED) is 0.856. The van der Waals surface area contributed by atoms with Crippen LogP contribution >= 0.6 is 11.6 Å². The van der Waals surface area contributed by atoms with Crippen LogP contribution in [-0.4, -0.2) is 49.8 Å². The highest BCUT2D eigenvalue weighted by Crippen LogP contribution is 2.25. The Morgan fingerprint density at radius 2 is 2.00 bits per heavy atom. The van der Waals surface area contributed by atoms with E-state index in [1.807, 2.05) is 12.1 Å². The number of hydrogen-bond donors (Lipinski definition) is 0. The number of rotatable bonds is 3. The Labute approximate surface area is 125 Å². The predicted octanol–water partition coefficient (Wildman–Crippen LogP) is 1.95. The fourth-order valence-corrected chi connectivity index (χ4v) is 4.99. The average Bonchev–Trinajstić information content (AvgIpc) is 2.88. The van der Waals surface area contributed by atoms with Crippen LogP contribution in [0.2, 0.25) is 5.02 Å². The Bertz CT molecular complexity index is 591. The molecule has 2 fully saturated rings. The smallest absolute Gasteiger partial charge is 0.218 e. The summed E-state index contributed by atoms with van der Waals surface area (Å²) in [5, 5.41) is 0.524. The van der Waals surface area contributed by atoms with E-state index < -0.39 is 10.0 Å². The van der Waals surface area contributed by atoms with Gasteiger partial charge in [0.05, 0.1) is 5.75 Å². The first-order valence-electron chi connectivity index (χ1n) is 7.01. The molecule has 4 nitrogen and oxygen atoms in total. The summed E-state index contributed by atoms with van der Waals surface area (Å²) >= 11 is 6.07. The van der Waals surface area contributed by atoms with E-state index in [1.165, 1.54) is 6.42 Å². The summed E-state index contributed by atoms with van der Waals surface area (Å²) in [5.74, 6) is -0.000602. The van der Waals surface area contributed by atoms with Gasteiger partial charge in [0.15, 0.2) is 0 Å². The third kappa shape index (κ3) is 2.86. The summed E-state index contributed by atoms with van der Waals surface area (Å²) in [6.45, 7) is 3.20. The molecule has 0 bridgehead atoms. The third-order valence-corrected chi connectivity index (χ3v) is 6.40. The second-order valence-electron chi connectivity index (χ2n) is 5.54. The molecule has 2 aliphatic rings. The fourth-order valence-electron chi connectivity index (χ4n) is 3.12. The van der Waals surface area contributed by atoms with Gasteiger partial charge >= 0.3 is 0 Å². The van der Waals surface area contributed by atoms with Crippen LogP contribution in [0.4, 0.5) is 0 Å². The summed E-state index contributed by atoms with van der Waals surface area (Å²) in [7, 11) is -3.28. The van der Waals surface area contributed by atoms with Crippen molar-refractivity contribution in [2.45, 2.75) is 24.6 Å². The number of hydrogen-bond acceptors (Lipinski definition) is 3. The van der Waals surface area contributed by atoms with E-state index in [0.29, 0.717) is 29.7 Å². The van der Waals surface area contributed by atoms with Crippen LogP contribution in [0.3, 0.4) is 0 Å². The molecule has 0 radical (unpaired) electrons. The molecule has 6 heteroatoms. The van der Waals surface area contributed by atoms with E-state index in [1.54, 1.807) is 16.4 Å². The van der Waals surface area contributed by atoms with Crippen LogP contribution in [0.5, 0.6) is 0 Å². The minimum atomic E-state index is -3.28. The van der Waals surface area contributed by atoms with Gasteiger partial charge in [-0.2, -0.15) is 4.31 Å². The van der Waals surface area contributed by atoms with Crippen molar-refractivity contribution in [2.75, 3.05) is 26.2 Å². The Hall–Kier alpha value is -0.620. The minimum absolute atomic E-state index is 0.000602. The van der Waals surface area contributed by atoms with Gasteiger partial charge in [0, 0.05) is 30.7 Å². The lowest BCUT2D eigenvalue weighted by Gasteiger charge is -2.36. The SMILES string of the molecule is O=S(=O)(Cc1ccccc1Cl)N1CCN2CCC[C@H]2C1. The highest BCUT2D eigenvalue weighted by Gasteiger charge is 2.35. The highest BCUT2D eigenvalue weighted by atomic mass is 35.5. The van der Waals surface area contributed by atoms with Gasteiger partial charge in [0.2, 0.25) is 10.0 Å². The molecule has 2 heterocycles. The van der Waals surface area contributed by atoms with Gasteiger partial charge in [-0.1, -0.05) is 29.8 Å². The van der Waals surface area contributed by atoms with Crippen molar-refractivity contribution in [3.8, 4) is 0 Å². The lowest BCUT2D eigenvalue weighted by atomic mass is 10.2. The van der Waals surface area contributed by atoms with Crippen molar-refractivity contribution in [3.05, 3.63) is 34.9 Å². The summed E-state index contributed by atoms with van der Waals surface area (Å²) in [6, 6.07) is 7.57. The second-order valence-corrected chi connectivity index (χ2v) is 7.91. The number of halogens is 1. The summed E-state index contributed by atoms with van der Waals surface area (Å²) in [5.41, 5.74) is 0.683. The Morgan fingerprint density at radius 1 is 1.20 bits per heavy atom. The maximum absolute atomic E-state index is 12.5. The van der Waals surface area contributed by atoms with E-state index >= 15 is 0 Å². The molecule has 1 atom stereocenters. The maximum atomic E-state index is 12.5. The summed E-state index contributed by atoms with van der Waals surface area (Å²) in [4.78, 5) is 2.40. The Morgan fingerprint density at radius 3 is 2.80 bits per heavy atom. The number of nitrogens with zero attached hydrogens (tertiary/aromatic N) is 2. The first-order valence-corrected chi connectivity index (χ1v) is 9.00. The Balaban J connectivity index is 1.74. The zero-order valence-electron chi connectivity index (χ0n) is 11.3. The van der Waals surface area contributed by atoms with Crippen LogP contribution in [0.15, 0.2) is 24.3 Å². The molecule has 1 aromatic carbocycles. The molecule has 0 amide bonds. The molecule has 2 saturated heterocycles. The zero-order valence-corrected chi connectivity index (χ0v) is 12.9. The van der Waals surface area contributed by atoms with Crippen molar-refractivity contribution < 1.29 is 8.42 Å². The first kappa shape index (κ1) is 14.3. The van der Waals surface area contributed by atoms with E-state index in [0.717, 1.165) is 19.5 Å². The van der Waals surface area contributed by atoms with Crippen LogP contribution in [-0.2, 0) is 15.8 Å². The average molecular weight is 315 g/mol. The standard InChI is InChI=1S/C14H19ClN2O2S/c15-14-6-2-1-4-12(14)11-20(18,19)17-9-8-16-7-3-5-13(16)10-17/h1-2,4,6,13H,3,5,7-11H2/t13-/m0/s1. The predicted molar refractivity (Wildman–Crippen MR) is 80.2 cm³/mol. The molecule has 0 spiro atoms. The molecular weight excluding hydrogens is 296 g/mol. The van der Waals surface area contributed by atoms with Crippen LogP contribution < -0.4 is 0 Å². The lowest BCUT2D eigenvalue weighted by molar-refractivity contribution is 0.158. The van der Waals surface area contributed by atoms with Crippen molar-refractivity contribution in [3.63, 3.8) is 0 Å². The number of fused-ring (bicyclic) bond motifs is 1. The summed E-state index contributed by atoms with van der Waals surface area (Å²) < 4.78 is 26.7. The molecular formula is C14H19ClN2O2S. The van der Waals surface area contributed by atoms with Crippen molar-refractivity contribution in [1.82, 2.24) is 9.21 Å². The fraction of sp³-hybridized carbons (Fsp3) is 0.571. The summed E-state index contributed by atoms with van der Waals surface area (Å²) in [6.07, 6.45) is 2.29. The largest absolute Gasteiger partial charge is 0.298 e. The van der Waals surface area contributed by atoms with Gasteiger partial charge < -0.3 is 0 Å². The Kier molecular flexibility index (Phi) is 4.04. The normalized spacial score (nSPS) is 24.8. The van der Waals surface area contributed by atoms with Crippen molar-refractivity contribution >= 4 is 21.6 Å². The zero-order chi connectivity index (χ0) is 14.2. The molecule has 0 unspecified atom stereocenters. The molecule has 3 rings (SSSR count). The van der Waals surface area contributed by atoms with E-state index in [9.17, 15) is 8.42 Å². The van der Waals surface area contributed by atoms with Crippen LogP contribution in [0.1, 0.15) is 18.4 Å². The molecule has 20 heavy (non-hydrogen) atoms. The second kappa shape index (κ2) is 5.64. The monoisotopic (exact) mass is 314 g/mol. The number of sulfonamides is 1. The third-order valence-electron chi connectivity index (χ3n) is 4.24. The molecule has 0 N–H and O–H groups in total. The van der Waals surface area contributed by atoms with Crippen LogP contribution in [0, 0.1) is 0 Å². The van der Waals surface area contributed by atoms with Gasteiger partial charge in [-0.15, -0.1) is 0 Å². The van der Waals surface area contributed by atoms with E-state index in [2.05, 4.69) is 4.90 Å². The van der Waals surface area contributed by atoms with E-state index in [-0.39, 0.29) is 5.75 Å². The van der Waals surface area contributed by atoms with Gasteiger partial charge in [-0.25, -0.2) is 8.42 Å². The molecule has 1 aromatic rings. The molecule has 0 aliphatic carbocycles. The number of benzene rings is 1. The molecule has 2 aliphatic heterocycles. The molecule has 110 valence electrons. The van der Waals surface area contributed by atoms with Gasteiger partial charge in [0.25, 0.3) is 0 Å². The maximum Gasteiger partial charge on any atom is 0.218 e. The van der Waals surface area contributed by atoms with Crippen LogP contribution in [0.25, 0.3) is 0 Å². The van der Waals surface area contributed by atoms with Gasteiger partial charge in [-0.05, 0) is 31.0 Å². The van der Waals surface area contributed by atoms with Crippen molar-refractivity contribution in [1.29, 1.82) is 0 Å². The van der Waals surface area contributed by atoms with Crippen molar-refractivity contribution in [2.24, 2.45) is 0 Å². The highest BCUT2D eigenvalue weighted by molar-refractivity contribution is 7.88. The molecule has 0 aromatic heterocycles. The minimum Gasteiger partial charge on any atom is -0.298 e. The lowest BCUT2D eigenvalue weighted by Crippen LogP contribution is -2.52. The van der Waals surface area contributed by atoms with Gasteiger partial charge in [-0.3, -0.25) is 4.90 Å². The van der Waals surface area contributed by atoms with Gasteiger partial charge in [0.1, 0.15) is 0 Å². The first-order chi connectivity index (χ1) is 9.56. The topological polar surface area (TPSA) is 40.6 Å². The molecule has 0 saturated carbocycles.